The van der Waals surface area contributed by atoms with Crippen LogP contribution in [0.15, 0.2) is 52.1 Å². The van der Waals surface area contributed by atoms with Crippen molar-refractivity contribution in [3.8, 4) is 0 Å². The van der Waals surface area contributed by atoms with Gasteiger partial charge in [0, 0.05) is 0 Å². The fourth-order valence-corrected chi connectivity index (χ4v) is 2.01. The number of anilines is 1. The summed E-state index contributed by atoms with van der Waals surface area (Å²) in [5.41, 5.74) is 0. The van der Waals surface area contributed by atoms with Crippen LogP contribution in [0.5, 0.6) is 0 Å². The molecule has 78 valence electrons. The Morgan fingerprint density at radius 2 is 1.93 bits per heavy atom. The third-order valence-electron chi connectivity index (χ3n) is 1.71. The van der Waals surface area contributed by atoms with Crippen molar-refractivity contribution < 1.29 is 12.8 Å². The van der Waals surface area contributed by atoms with Gasteiger partial charge in [-0.25, -0.2) is 18.1 Å². The molecule has 5 nitrogen and oxygen atoms in total. The molecule has 0 bridgehead atoms. The average molecular weight is 224 g/mol. The SMILES string of the molecule is O=S(=O)(Nc1ncco1)c1ccccc1. The maximum absolute atomic E-state index is 11.7. The van der Waals surface area contributed by atoms with Crippen LogP contribution in [0.2, 0.25) is 0 Å². The minimum Gasteiger partial charge on any atom is -0.432 e. The molecule has 2 aromatic rings. The van der Waals surface area contributed by atoms with Crippen LogP contribution in [0.25, 0.3) is 0 Å². The fourth-order valence-electron chi connectivity index (χ4n) is 1.05. The molecule has 0 atom stereocenters. The van der Waals surface area contributed by atoms with Gasteiger partial charge in [-0.3, -0.25) is 0 Å². The Bertz CT molecular complexity index is 520. The Kier molecular flexibility index (Phi) is 2.42. The van der Waals surface area contributed by atoms with Crippen LogP contribution in [0, 0.1) is 0 Å². The van der Waals surface area contributed by atoms with Crippen LogP contribution >= 0.6 is 0 Å². The van der Waals surface area contributed by atoms with Crippen LogP contribution < -0.4 is 4.72 Å². The molecule has 2 rings (SSSR count). The van der Waals surface area contributed by atoms with Gasteiger partial charge in [0.2, 0.25) is 0 Å². The molecule has 0 fully saturated rings. The maximum atomic E-state index is 11.7. The minimum atomic E-state index is -3.59. The smallest absolute Gasteiger partial charge is 0.308 e. The van der Waals surface area contributed by atoms with Gasteiger partial charge < -0.3 is 4.42 Å². The Hall–Kier alpha value is -1.82. The Morgan fingerprint density at radius 1 is 1.20 bits per heavy atom. The van der Waals surface area contributed by atoms with Gasteiger partial charge in [-0.05, 0) is 12.1 Å². The van der Waals surface area contributed by atoms with Crippen LogP contribution in [0.4, 0.5) is 6.01 Å². The summed E-state index contributed by atoms with van der Waals surface area (Å²) in [6.45, 7) is 0. The highest BCUT2D eigenvalue weighted by Crippen LogP contribution is 2.13. The predicted molar refractivity (Wildman–Crippen MR) is 53.8 cm³/mol. The van der Waals surface area contributed by atoms with Crippen molar-refractivity contribution in [2.45, 2.75) is 4.90 Å². The van der Waals surface area contributed by atoms with Crippen LogP contribution in [0.1, 0.15) is 0 Å². The predicted octanol–water partition coefficient (Wildman–Crippen LogP) is 1.48. The number of hydrogen-bond donors (Lipinski definition) is 1. The molecule has 0 amide bonds. The molecular formula is C9H8N2O3S. The van der Waals surface area contributed by atoms with Crippen molar-refractivity contribution >= 4 is 16.0 Å². The molecule has 15 heavy (non-hydrogen) atoms. The number of hydrogen-bond acceptors (Lipinski definition) is 4. The lowest BCUT2D eigenvalue weighted by Gasteiger charge is -2.03. The van der Waals surface area contributed by atoms with Crippen molar-refractivity contribution in [2.75, 3.05) is 4.72 Å². The van der Waals surface area contributed by atoms with Gasteiger partial charge in [-0.1, -0.05) is 18.2 Å². The number of sulfonamides is 1. The zero-order chi connectivity index (χ0) is 10.7. The fraction of sp³-hybridized carbons (Fsp3) is 0. The van der Waals surface area contributed by atoms with E-state index < -0.39 is 10.0 Å². The van der Waals surface area contributed by atoms with Crippen LogP contribution in [-0.4, -0.2) is 13.4 Å². The molecule has 0 aliphatic heterocycles. The lowest BCUT2D eigenvalue weighted by Crippen LogP contribution is -2.12. The standard InChI is InChI=1S/C9H8N2O3S/c12-15(13,8-4-2-1-3-5-8)11-9-10-6-7-14-9/h1-7H,(H,10,11). The summed E-state index contributed by atoms with van der Waals surface area (Å²) >= 11 is 0. The van der Waals surface area contributed by atoms with Gasteiger partial charge in [0.15, 0.2) is 0 Å². The third-order valence-corrected chi connectivity index (χ3v) is 3.04. The first-order valence-electron chi connectivity index (χ1n) is 4.16. The lowest BCUT2D eigenvalue weighted by molar-refractivity contribution is 0.570. The second-order valence-electron chi connectivity index (χ2n) is 2.76. The van der Waals surface area contributed by atoms with Gasteiger partial charge in [0.25, 0.3) is 10.0 Å². The first-order valence-corrected chi connectivity index (χ1v) is 5.64. The maximum Gasteiger partial charge on any atom is 0.308 e. The molecule has 0 spiro atoms. The summed E-state index contributed by atoms with van der Waals surface area (Å²) in [5.74, 6) is 0. The molecule has 0 saturated heterocycles. The third kappa shape index (κ3) is 2.16. The molecule has 0 aliphatic rings. The first-order chi connectivity index (χ1) is 7.18. The van der Waals surface area contributed by atoms with Gasteiger partial charge in [-0.15, -0.1) is 0 Å². The zero-order valence-corrected chi connectivity index (χ0v) is 8.44. The summed E-state index contributed by atoms with van der Waals surface area (Å²) in [5, 5.41) is 0. The molecular weight excluding hydrogens is 216 g/mol. The second kappa shape index (κ2) is 3.74. The number of nitrogens with zero attached hydrogens (tertiary/aromatic N) is 1. The van der Waals surface area contributed by atoms with Crippen molar-refractivity contribution in [1.29, 1.82) is 0 Å². The van der Waals surface area contributed by atoms with Crippen LogP contribution in [0.3, 0.4) is 0 Å². The number of oxazole rings is 1. The number of benzene rings is 1. The molecule has 0 saturated carbocycles. The van der Waals surface area contributed by atoms with Crippen molar-refractivity contribution in [1.82, 2.24) is 4.98 Å². The summed E-state index contributed by atoms with van der Waals surface area (Å²) in [6, 6.07) is 7.97. The monoisotopic (exact) mass is 224 g/mol. The van der Waals surface area contributed by atoms with E-state index in [1.165, 1.54) is 24.6 Å². The largest absolute Gasteiger partial charge is 0.432 e. The average Bonchev–Trinajstić information content (AvgIpc) is 2.71. The normalized spacial score (nSPS) is 11.2. The molecule has 0 aliphatic carbocycles. The molecule has 0 radical (unpaired) electrons. The van der Waals surface area contributed by atoms with Gasteiger partial charge >= 0.3 is 6.01 Å². The summed E-state index contributed by atoms with van der Waals surface area (Å²) in [4.78, 5) is 3.84. The second-order valence-corrected chi connectivity index (χ2v) is 4.44. The van der Waals surface area contributed by atoms with E-state index in [0.29, 0.717) is 0 Å². The van der Waals surface area contributed by atoms with Crippen molar-refractivity contribution in [2.24, 2.45) is 0 Å². The number of nitrogens with one attached hydrogen (secondary N) is 1. The van der Waals surface area contributed by atoms with E-state index in [0.717, 1.165) is 0 Å². The van der Waals surface area contributed by atoms with E-state index in [4.69, 9.17) is 4.42 Å². The molecule has 1 N–H and O–H groups in total. The highest BCUT2D eigenvalue weighted by molar-refractivity contribution is 7.92. The molecule has 1 aromatic carbocycles. The molecule has 6 heteroatoms. The number of aromatic nitrogens is 1. The molecule has 1 aromatic heterocycles. The van der Waals surface area contributed by atoms with E-state index >= 15 is 0 Å². The van der Waals surface area contributed by atoms with Crippen molar-refractivity contribution in [3.05, 3.63) is 42.8 Å². The van der Waals surface area contributed by atoms with E-state index in [1.807, 2.05) is 0 Å². The molecule has 0 unspecified atom stereocenters. The first kappa shape index (κ1) is 9.72. The summed E-state index contributed by atoms with van der Waals surface area (Å²) < 4.78 is 30.4. The van der Waals surface area contributed by atoms with E-state index in [9.17, 15) is 8.42 Å². The minimum absolute atomic E-state index is 0.0427. The Morgan fingerprint density at radius 3 is 2.53 bits per heavy atom. The number of rotatable bonds is 3. The summed E-state index contributed by atoms with van der Waals surface area (Å²) in [6.07, 6.45) is 2.66. The topological polar surface area (TPSA) is 72.2 Å². The van der Waals surface area contributed by atoms with E-state index in [-0.39, 0.29) is 10.9 Å². The van der Waals surface area contributed by atoms with E-state index in [2.05, 4.69) is 9.71 Å². The van der Waals surface area contributed by atoms with Gasteiger partial charge in [0.05, 0.1) is 11.1 Å². The lowest BCUT2D eigenvalue weighted by atomic mass is 10.4. The summed E-state index contributed by atoms with van der Waals surface area (Å²) in [7, 11) is -3.59. The van der Waals surface area contributed by atoms with E-state index in [1.54, 1.807) is 18.2 Å². The Labute approximate surface area is 86.8 Å². The highest BCUT2D eigenvalue weighted by atomic mass is 32.2. The Balaban J connectivity index is 2.29. The van der Waals surface area contributed by atoms with Crippen molar-refractivity contribution in [3.63, 3.8) is 0 Å². The quantitative estimate of drug-likeness (QED) is 0.857. The van der Waals surface area contributed by atoms with Gasteiger partial charge in [0.1, 0.15) is 6.26 Å². The van der Waals surface area contributed by atoms with Crippen LogP contribution in [-0.2, 0) is 10.0 Å². The zero-order valence-electron chi connectivity index (χ0n) is 7.62. The molecule has 1 heterocycles. The van der Waals surface area contributed by atoms with Gasteiger partial charge in [-0.2, -0.15) is 0 Å². The highest BCUT2D eigenvalue weighted by Gasteiger charge is 2.15.